The van der Waals surface area contributed by atoms with Crippen molar-refractivity contribution in [1.82, 2.24) is 4.90 Å². The molecule has 1 aliphatic rings. The third-order valence-corrected chi connectivity index (χ3v) is 3.32. The Kier molecular flexibility index (Phi) is 4.34. The van der Waals surface area contributed by atoms with Crippen LogP contribution in [0.25, 0.3) is 0 Å². The van der Waals surface area contributed by atoms with Gasteiger partial charge in [0.25, 0.3) is 5.69 Å². The molecule has 1 aromatic rings. The van der Waals surface area contributed by atoms with Crippen molar-refractivity contribution in [3.05, 3.63) is 34.4 Å². The summed E-state index contributed by atoms with van der Waals surface area (Å²) < 4.78 is 0. The van der Waals surface area contributed by atoms with Gasteiger partial charge in [-0.3, -0.25) is 15.0 Å². The summed E-state index contributed by atoms with van der Waals surface area (Å²) in [7, 11) is 0. The zero-order chi connectivity index (χ0) is 13.8. The number of non-ortho nitro benzene ring substituents is 1. The second-order valence-corrected chi connectivity index (χ2v) is 4.91. The highest BCUT2D eigenvalue weighted by Gasteiger charge is 2.18. The summed E-state index contributed by atoms with van der Waals surface area (Å²) in [6, 6.07) is 6.67. The van der Waals surface area contributed by atoms with Gasteiger partial charge in [-0.05, 0) is 19.1 Å². The molecule has 0 aromatic heterocycles. The first kappa shape index (κ1) is 13.8. The van der Waals surface area contributed by atoms with Crippen molar-refractivity contribution in [2.24, 2.45) is 0 Å². The molecule has 0 amide bonds. The van der Waals surface area contributed by atoms with Crippen molar-refractivity contribution in [3.63, 3.8) is 0 Å². The lowest BCUT2D eigenvalue weighted by Crippen LogP contribution is -2.48. The highest BCUT2D eigenvalue weighted by molar-refractivity contribution is 5.51. The van der Waals surface area contributed by atoms with E-state index in [2.05, 4.69) is 9.80 Å². The maximum absolute atomic E-state index is 10.6. The van der Waals surface area contributed by atoms with Gasteiger partial charge in [-0.2, -0.15) is 0 Å². The summed E-state index contributed by atoms with van der Waals surface area (Å²) >= 11 is 0. The van der Waals surface area contributed by atoms with Gasteiger partial charge < -0.3 is 10.0 Å². The third kappa shape index (κ3) is 3.65. The molecule has 0 saturated carbocycles. The number of benzene rings is 1. The van der Waals surface area contributed by atoms with Gasteiger partial charge in [-0.1, -0.05) is 0 Å². The molecule has 0 radical (unpaired) electrons. The topological polar surface area (TPSA) is 69.8 Å². The number of aliphatic hydroxyl groups is 1. The lowest BCUT2D eigenvalue weighted by Gasteiger charge is -2.36. The van der Waals surface area contributed by atoms with Gasteiger partial charge in [0.15, 0.2) is 0 Å². The molecule has 2 rings (SSSR count). The summed E-state index contributed by atoms with van der Waals surface area (Å²) in [5.41, 5.74) is 1.14. The number of β-amino-alcohol motifs (C(OH)–C–C–N with tert-alkyl or cyclic N) is 1. The molecule has 0 spiro atoms. The second kappa shape index (κ2) is 5.99. The average Bonchev–Trinajstić information content (AvgIpc) is 2.39. The van der Waals surface area contributed by atoms with Gasteiger partial charge in [0, 0.05) is 50.5 Å². The predicted octanol–water partition coefficient (Wildman–Crippen LogP) is 1.10. The van der Waals surface area contributed by atoms with Crippen molar-refractivity contribution in [3.8, 4) is 0 Å². The van der Waals surface area contributed by atoms with Crippen LogP contribution in [0, 0.1) is 10.1 Å². The number of hydrogen-bond donors (Lipinski definition) is 1. The van der Waals surface area contributed by atoms with E-state index in [4.69, 9.17) is 0 Å². The van der Waals surface area contributed by atoms with E-state index in [0.29, 0.717) is 6.54 Å². The van der Waals surface area contributed by atoms with E-state index in [9.17, 15) is 15.2 Å². The van der Waals surface area contributed by atoms with Crippen molar-refractivity contribution < 1.29 is 10.0 Å². The molecule has 1 heterocycles. The molecular formula is C13H19N3O3. The molecule has 0 bridgehead atoms. The van der Waals surface area contributed by atoms with Gasteiger partial charge in [0.2, 0.25) is 0 Å². The number of piperazine rings is 1. The number of aliphatic hydroxyl groups excluding tert-OH is 1. The first-order valence-electron chi connectivity index (χ1n) is 6.46. The maximum Gasteiger partial charge on any atom is 0.269 e. The molecule has 1 aromatic carbocycles. The fourth-order valence-corrected chi connectivity index (χ4v) is 2.35. The predicted molar refractivity (Wildman–Crippen MR) is 73.4 cm³/mol. The Balaban J connectivity index is 1.92. The van der Waals surface area contributed by atoms with E-state index < -0.39 is 0 Å². The Labute approximate surface area is 112 Å². The number of nitrogens with zero attached hydrogens (tertiary/aromatic N) is 3. The van der Waals surface area contributed by atoms with Crippen LogP contribution in [0.2, 0.25) is 0 Å². The van der Waals surface area contributed by atoms with Gasteiger partial charge in [0.1, 0.15) is 0 Å². The highest BCUT2D eigenvalue weighted by Crippen LogP contribution is 2.20. The summed E-state index contributed by atoms with van der Waals surface area (Å²) in [5.74, 6) is 0. The van der Waals surface area contributed by atoms with E-state index in [1.54, 1.807) is 19.1 Å². The van der Waals surface area contributed by atoms with Gasteiger partial charge in [-0.15, -0.1) is 0 Å². The minimum Gasteiger partial charge on any atom is -0.392 e. The smallest absolute Gasteiger partial charge is 0.269 e. The molecule has 104 valence electrons. The minimum absolute atomic E-state index is 0.122. The minimum atomic E-state index is -0.385. The molecule has 19 heavy (non-hydrogen) atoms. The molecule has 6 nitrogen and oxygen atoms in total. The number of nitro benzene ring substituents is 1. The van der Waals surface area contributed by atoms with E-state index >= 15 is 0 Å². The molecule has 1 fully saturated rings. The van der Waals surface area contributed by atoms with Crippen LogP contribution in [0.4, 0.5) is 11.4 Å². The lowest BCUT2D eigenvalue weighted by molar-refractivity contribution is -0.384. The van der Waals surface area contributed by atoms with E-state index in [0.717, 1.165) is 31.9 Å². The van der Waals surface area contributed by atoms with Crippen molar-refractivity contribution >= 4 is 11.4 Å². The van der Waals surface area contributed by atoms with Crippen molar-refractivity contribution in [2.75, 3.05) is 37.6 Å². The molecule has 1 atom stereocenters. The fourth-order valence-electron chi connectivity index (χ4n) is 2.35. The van der Waals surface area contributed by atoms with Crippen LogP contribution in [0.1, 0.15) is 6.92 Å². The van der Waals surface area contributed by atoms with Crippen LogP contribution < -0.4 is 4.90 Å². The molecular weight excluding hydrogens is 246 g/mol. The molecule has 1 saturated heterocycles. The summed E-state index contributed by atoms with van der Waals surface area (Å²) in [6.07, 6.45) is -0.300. The first-order valence-corrected chi connectivity index (χ1v) is 6.46. The first-order chi connectivity index (χ1) is 9.06. The van der Waals surface area contributed by atoms with E-state index in [1.807, 2.05) is 0 Å². The maximum atomic E-state index is 10.6. The third-order valence-electron chi connectivity index (χ3n) is 3.32. The molecule has 1 aliphatic heterocycles. The Morgan fingerprint density at radius 1 is 1.26 bits per heavy atom. The van der Waals surface area contributed by atoms with Gasteiger partial charge in [-0.25, -0.2) is 0 Å². The second-order valence-electron chi connectivity index (χ2n) is 4.91. The van der Waals surface area contributed by atoms with Crippen LogP contribution in [0.3, 0.4) is 0 Å². The molecule has 0 unspecified atom stereocenters. The fraction of sp³-hybridized carbons (Fsp3) is 0.538. The van der Waals surface area contributed by atoms with E-state index in [-0.39, 0.29) is 16.7 Å². The zero-order valence-corrected chi connectivity index (χ0v) is 11.0. The van der Waals surface area contributed by atoms with Gasteiger partial charge in [0.05, 0.1) is 11.0 Å². The lowest BCUT2D eigenvalue weighted by atomic mass is 10.2. The van der Waals surface area contributed by atoms with Crippen molar-refractivity contribution in [2.45, 2.75) is 13.0 Å². The van der Waals surface area contributed by atoms with E-state index in [1.165, 1.54) is 12.1 Å². The zero-order valence-electron chi connectivity index (χ0n) is 11.0. The van der Waals surface area contributed by atoms with Crippen LogP contribution in [0.15, 0.2) is 24.3 Å². The average molecular weight is 265 g/mol. The van der Waals surface area contributed by atoms with Crippen molar-refractivity contribution in [1.29, 1.82) is 0 Å². The SMILES string of the molecule is C[C@H](O)CN1CCN(c2ccc([N+](=O)[O-])cc2)CC1. The summed E-state index contributed by atoms with van der Waals surface area (Å²) in [5, 5.41) is 19.9. The molecule has 6 heteroatoms. The Hall–Kier alpha value is -1.66. The number of anilines is 1. The largest absolute Gasteiger partial charge is 0.392 e. The molecule has 0 aliphatic carbocycles. The standard InChI is InChI=1S/C13H19N3O3/c1-11(17)10-14-6-8-15(9-7-14)12-2-4-13(5-3-12)16(18)19/h2-5,11,17H,6-10H2,1H3/t11-/m0/s1. The Morgan fingerprint density at radius 2 is 1.84 bits per heavy atom. The van der Waals surface area contributed by atoms with Crippen LogP contribution in [0.5, 0.6) is 0 Å². The number of nitro groups is 1. The number of hydrogen-bond acceptors (Lipinski definition) is 5. The summed E-state index contributed by atoms with van der Waals surface area (Å²) in [4.78, 5) is 14.7. The monoisotopic (exact) mass is 265 g/mol. The van der Waals surface area contributed by atoms with Crippen LogP contribution in [-0.2, 0) is 0 Å². The Morgan fingerprint density at radius 3 is 2.32 bits per heavy atom. The molecule has 1 N–H and O–H groups in total. The highest BCUT2D eigenvalue weighted by atomic mass is 16.6. The van der Waals surface area contributed by atoms with Crippen LogP contribution in [-0.4, -0.2) is 53.8 Å². The van der Waals surface area contributed by atoms with Gasteiger partial charge >= 0.3 is 0 Å². The quantitative estimate of drug-likeness (QED) is 0.652. The normalized spacial score (nSPS) is 18.3. The number of rotatable bonds is 4. The summed E-state index contributed by atoms with van der Waals surface area (Å²) in [6.45, 7) is 6.07. The van der Waals surface area contributed by atoms with Crippen LogP contribution >= 0.6 is 0 Å². The Bertz CT molecular complexity index is 425.